The second-order valence-electron chi connectivity index (χ2n) is 7.63. The second kappa shape index (κ2) is 6.28. The van der Waals surface area contributed by atoms with Gasteiger partial charge in [-0.25, -0.2) is 4.98 Å². The molecule has 130 valence electrons. The number of aromatic nitrogens is 2. The fourth-order valence-electron chi connectivity index (χ4n) is 4.64. The predicted molar refractivity (Wildman–Crippen MR) is 109 cm³/mol. The monoisotopic (exact) mass is 340 g/mol. The highest BCUT2D eigenvalue weighted by Crippen LogP contribution is 2.37. The molecule has 1 fully saturated rings. The smallest absolute Gasteiger partial charge is 0.141 e. The van der Waals surface area contributed by atoms with Gasteiger partial charge in [0.15, 0.2) is 0 Å². The molecule has 26 heavy (non-hydrogen) atoms. The summed E-state index contributed by atoms with van der Waals surface area (Å²) in [6, 6.07) is 17.3. The minimum atomic E-state index is 0.662. The Hall–Kier alpha value is -2.61. The SMILES string of the molecule is Cc1ccn2cc(-c3cccc4ccccc34)nc2c1C1CCCCC1. The van der Waals surface area contributed by atoms with Gasteiger partial charge in [0.05, 0.1) is 5.69 Å². The zero-order chi connectivity index (χ0) is 17.5. The van der Waals surface area contributed by atoms with E-state index < -0.39 is 0 Å². The summed E-state index contributed by atoms with van der Waals surface area (Å²) in [5, 5.41) is 2.54. The Morgan fingerprint density at radius 1 is 0.923 bits per heavy atom. The van der Waals surface area contributed by atoms with Gasteiger partial charge in [-0.1, -0.05) is 61.7 Å². The van der Waals surface area contributed by atoms with Gasteiger partial charge in [0.2, 0.25) is 0 Å². The van der Waals surface area contributed by atoms with Gasteiger partial charge in [-0.15, -0.1) is 0 Å². The van der Waals surface area contributed by atoms with Crippen LogP contribution in [0.5, 0.6) is 0 Å². The van der Waals surface area contributed by atoms with Gasteiger partial charge in [-0.3, -0.25) is 0 Å². The Kier molecular flexibility index (Phi) is 3.77. The minimum absolute atomic E-state index is 0.662. The van der Waals surface area contributed by atoms with E-state index in [1.807, 2.05) is 0 Å². The number of imidazole rings is 1. The number of hydrogen-bond acceptors (Lipinski definition) is 1. The van der Waals surface area contributed by atoms with E-state index in [2.05, 4.69) is 72.2 Å². The van der Waals surface area contributed by atoms with E-state index in [9.17, 15) is 0 Å². The maximum atomic E-state index is 5.13. The van der Waals surface area contributed by atoms with Crippen LogP contribution >= 0.6 is 0 Å². The van der Waals surface area contributed by atoms with Crippen LogP contribution in [0.25, 0.3) is 27.7 Å². The average molecular weight is 340 g/mol. The standard InChI is InChI=1S/C24H24N2/c1-17-14-15-26-16-22(21-13-7-11-18-8-5-6-12-20(18)21)25-24(26)23(17)19-9-3-2-4-10-19/h5-8,11-16,19H,2-4,9-10H2,1H3. The second-order valence-corrected chi connectivity index (χ2v) is 7.63. The van der Waals surface area contributed by atoms with Crippen molar-refractivity contribution in [3.05, 3.63) is 72.1 Å². The van der Waals surface area contributed by atoms with Crippen LogP contribution in [0.4, 0.5) is 0 Å². The lowest BCUT2D eigenvalue weighted by molar-refractivity contribution is 0.443. The molecule has 4 aromatic rings. The maximum absolute atomic E-state index is 5.13. The van der Waals surface area contributed by atoms with Crippen molar-refractivity contribution in [2.45, 2.75) is 44.9 Å². The Morgan fingerprint density at radius 3 is 2.62 bits per heavy atom. The zero-order valence-corrected chi connectivity index (χ0v) is 15.3. The van der Waals surface area contributed by atoms with Gasteiger partial charge in [0, 0.05) is 23.5 Å². The number of fused-ring (bicyclic) bond motifs is 2. The van der Waals surface area contributed by atoms with Gasteiger partial charge < -0.3 is 4.40 Å². The molecule has 0 saturated heterocycles. The minimum Gasteiger partial charge on any atom is -0.306 e. The van der Waals surface area contributed by atoms with Crippen molar-refractivity contribution < 1.29 is 0 Å². The van der Waals surface area contributed by atoms with Crippen molar-refractivity contribution in [1.82, 2.24) is 9.38 Å². The number of pyridine rings is 1. The number of rotatable bonds is 2. The average Bonchev–Trinajstić information content (AvgIpc) is 3.12. The highest BCUT2D eigenvalue weighted by Gasteiger charge is 2.21. The normalized spacial score (nSPS) is 15.7. The van der Waals surface area contributed by atoms with Crippen LogP contribution in [0.2, 0.25) is 0 Å². The summed E-state index contributed by atoms with van der Waals surface area (Å²) in [5.74, 6) is 0.662. The Bertz CT molecular complexity index is 1080. The largest absolute Gasteiger partial charge is 0.306 e. The first-order valence-electron chi connectivity index (χ1n) is 9.77. The van der Waals surface area contributed by atoms with Crippen LogP contribution in [0, 0.1) is 6.92 Å². The molecule has 0 bridgehead atoms. The Balaban J connectivity index is 1.71. The Morgan fingerprint density at radius 2 is 1.73 bits per heavy atom. The summed E-state index contributed by atoms with van der Waals surface area (Å²) in [7, 11) is 0. The Labute approximate surface area is 154 Å². The number of benzene rings is 2. The molecule has 2 aromatic carbocycles. The molecular formula is C24H24N2. The topological polar surface area (TPSA) is 17.3 Å². The predicted octanol–water partition coefficient (Wildman–Crippen LogP) is 6.51. The number of nitrogens with zero attached hydrogens (tertiary/aromatic N) is 2. The highest BCUT2D eigenvalue weighted by molar-refractivity contribution is 5.96. The quantitative estimate of drug-likeness (QED) is 0.406. The first-order valence-corrected chi connectivity index (χ1v) is 9.77. The van der Waals surface area contributed by atoms with E-state index in [1.54, 1.807) is 0 Å². The van der Waals surface area contributed by atoms with Crippen molar-refractivity contribution in [3.8, 4) is 11.3 Å². The van der Waals surface area contributed by atoms with Gasteiger partial charge in [0.1, 0.15) is 5.65 Å². The molecule has 2 heteroatoms. The summed E-state index contributed by atoms with van der Waals surface area (Å²) in [4.78, 5) is 5.13. The van der Waals surface area contributed by atoms with Crippen molar-refractivity contribution in [1.29, 1.82) is 0 Å². The van der Waals surface area contributed by atoms with Crippen LogP contribution in [0.3, 0.4) is 0 Å². The van der Waals surface area contributed by atoms with Crippen LogP contribution in [0.1, 0.15) is 49.1 Å². The van der Waals surface area contributed by atoms with Crippen molar-refractivity contribution >= 4 is 16.4 Å². The summed E-state index contributed by atoms with van der Waals surface area (Å²) in [5.41, 5.74) is 6.31. The first-order chi connectivity index (χ1) is 12.8. The molecule has 0 N–H and O–H groups in total. The molecule has 0 radical (unpaired) electrons. The van der Waals surface area contributed by atoms with E-state index in [0.717, 1.165) is 11.3 Å². The van der Waals surface area contributed by atoms with Crippen LogP contribution in [0.15, 0.2) is 60.9 Å². The molecule has 5 rings (SSSR count). The molecule has 1 aliphatic carbocycles. The van der Waals surface area contributed by atoms with E-state index >= 15 is 0 Å². The molecule has 2 heterocycles. The van der Waals surface area contributed by atoms with Crippen LogP contribution < -0.4 is 0 Å². The lowest BCUT2D eigenvalue weighted by Crippen LogP contribution is -2.08. The van der Waals surface area contributed by atoms with Crippen molar-refractivity contribution in [2.24, 2.45) is 0 Å². The van der Waals surface area contributed by atoms with Gasteiger partial charge in [-0.05, 0) is 48.1 Å². The van der Waals surface area contributed by atoms with E-state index in [0.29, 0.717) is 5.92 Å². The van der Waals surface area contributed by atoms with Gasteiger partial charge in [-0.2, -0.15) is 0 Å². The van der Waals surface area contributed by atoms with Crippen LogP contribution in [-0.4, -0.2) is 9.38 Å². The van der Waals surface area contributed by atoms with E-state index in [-0.39, 0.29) is 0 Å². The van der Waals surface area contributed by atoms with E-state index in [4.69, 9.17) is 4.98 Å². The third-order valence-electron chi connectivity index (χ3n) is 5.96. The summed E-state index contributed by atoms with van der Waals surface area (Å²) < 4.78 is 2.23. The molecule has 2 nitrogen and oxygen atoms in total. The lowest BCUT2D eigenvalue weighted by Gasteiger charge is -2.23. The van der Waals surface area contributed by atoms with Gasteiger partial charge in [0.25, 0.3) is 0 Å². The van der Waals surface area contributed by atoms with Crippen molar-refractivity contribution in [3.63, 3.8) is 0 Å². The third-order valence-corrected chi connectivity index (χ3v) is 5.96. The number of aryl methyl sites for hydroxylation is 1. The maximum Gasteiger partial charge on any atom is 0.141 e. The zero-order valence-electron chi connectivity index (χ0n) is 15.3. The fourth-order valence-corrected chi connectivity index (χ4v) is 4.64. The number of hydrogen-bond donors (Lipinski definition) is 0. The molecule has 0 spiro atoms. The molecule has 0 unspecified atom stereocenters. The lowest BCUT2D eigenvalue weighted by atomic mass is 9.83. The van der Waals surface area contributed by atoms with Crippen LogP contribution in [-0.2, 0) is 0 Å². The molecule has 0 aliphatic heterocycles. The molecule has 0 amide bonds. The molecule has 1 saturated carbocycles. The summed E-state index contributed by atoms with van der Waals surface area (Å²) in [6.45, 7) is 2.25. The summed E-state index contributed by atoms with van der Waals surface area (Å²) >= 11 is 0. The van der Waals surface area contributed by atoms with Crippen molar-refractivity contribution in [2.75, 3.05) is 0 Å². The molecule has 0 atom stereocenters. The first kappa shape index (κ1) is 15.6. The molecular weight excluding hydrogens is 316 g/mol. The summed E-state index contributed by atoms with van der Waals surface area (Å²) in [6.07, 6.45) is 11.0. The third kappa shape index (κ3) is 2.52. The fraction of sp³-hybridized carbons (Fsp3) is 0.292. The van der Waals surface area contributed by atoms with Gasteiger partial charge >= 0.3 is 0 Å². The van der Waals surface area contributed by atoms with E-state index in [1.165, 1.54) is 59.6 Å². The molecule has 2 aromatic heterocycles. The highest BCUT2D eigenvalue weighted by atomic mass is 15.0. The molecule has 1 aliphatic rings.